The molecule has 3 rings (SSSR count). The van der Waals surface area contributed by atoms with Gasteiger partial charge >= 0.3 is 0 Å². The third kappa shape index (κ3) is 1.72. The van der Waals surface area contributed by atoms with Crippen molar-refractivity contribution in [1.29, 1.82) is 0 Å². The molecule has 1 aromatic carbocycles. The third-order valence-corrected chi connectivity index (χ3v) is 4.12. The number of amides is 2. The first kappa shape index (κ1) is 11.7. The molecule has 1 fully saturated rings. The summed E-state index contributed by atoms with van der Waals surface area (Å²) >= 11 is 3.35. The fraction of sp³-hybridized carbons (Fsp3) is 0.286. The lowest BCUT2D eigenvalue weighted by atomic mass is 9.85. The summed E-state index contributed by atoms with van der Waals surface area (Å²) in [6.45, 7) is 0. The average Bonchev–Trinajstić information content (AvgIpc) is 2.64. The monoisotopic (exact) mass is 305 g/mol. The standard InChI is InChI=1S/C14H12BrNO2/c15-9-5-7-10(8-6-9)16-13(17)11-3-1-2-4-12(11)14(16)18/h1-2,5-8,11-12H,3-4H2/t11-,12-/m1/s1. The fourth-order valence-electron chi connectivity index (χ4n) is 2.64. The van der Waals surface area contributed by atoms with E-state index in [0.717, 1.165) is 4.47 Å². The number of carbonyl (C=O) groups excluding carboxylic acids is 2. The number of nitrogens with zero attached hydrogens (tertiary/aromatic N) is 1. The Morgan fingerprint density at radius 3 is 1.94 bits per heavy atom. The van der Waals surface area contributed by atoms with Crippen LogP contribution in [-0.2, 0) is 9.59 Å². The predicted octanol–water partition coefficient (Wildman–Crippen LogP) is 2.90. The molecular formula is C14H12BrNO2. The summed E-state index contributed by atoms with van der Waals surface area (Å²) in [7, 11) is 0. The van der Waals surface area contributed by atoms with E-state index in [9.17, 15) is 9.59 Å². The van der Waals surface area contributed by atoms with Gasteiger partial charge in [-0.15, -0.1) is 0 Å². The molecule has 2 amide bonds. The van der Waals surface area contributed by atoms with E-state index in [4.69, 9.17) is 0 Å². The Hall–Kier alpha value is -1.42. The van der Waals surface area contributed by atoms with Crippen LogP contribution >= 0.6 is 15.9 Å². The summed E-state index contributed by atoms with van der Waals surface area (Å²) in [6.07, 6.45) is 5.36. The van der Waals surface area contributed by atoms with E-state index in [0.29, 0.717) is 18.5 Å². The van der Waals surface area contributed by atoms with Crippen LogP contribution in [0.25, 0.3) is 0 Å². The Labute approximate surface area is 114 Å². The van der Waals surface area contributed by atoms with Crippen LogP contribution in [0, 0.1) is 11.8 Å². The first-order valence-corrected chi connectivity index (χ1v) is 6.76. The number of hydrogen-bond donors (Lipinski definition) is 0. The molecule has 0 radical (unpaired) electrons. The first-order chi connectivity index (χ1) is 8.68. The number of imide groups is 1. The SMILES string of the molecule is O=C1[C@@H]2CC=CC[C@H]2C(=O)N1c1ccc(Br)cc1. The Balaban J connectivity index is 1.96. The second-order valence-corrected chi connectivity index (χ2v) is 5.56. The maximum Gasteiger partial charge on any atom is 0.238 e. The molecular weight excluding hydrogens is 294 g/mol. The molecule has 4 heteroatoms. The number of halogens is 1. The zero-order chi connectivity index (χ0) is 12.7. The van der Waals surface area contributed by atoms with E-state index in [2.05, 4.69) is 15.9 Å². The minimum absolute atomic E-state index is 0.0586. The molecule has 18 heavy (non-hydrogen) atoms. The molecule has 1 aromatic rings. The van der Waals surface area contributed by atoms with Gasteiger partial charge in [-0.25, -0.2) is 0 Å². The van der Waals surface area contributed by atoms with Crippen molar-refractivity contribution in [1.82, 2.24) is 0 Å². The highest BCUT2D eigenvalue weighted by Crippen LogP contribution is 2.37. The van der Waals surface area contributed by atoms with Crippen molar-refractivity contribution in [3.63, 3.8) is 0 Å². The Bertz CT molecular complexity index is 509. The molecule has 1 saturated heterocycles. The van der Waals surface area contributed by atoms with Crippen molar-refractivity contribution in [3.8, 4) is 0 Å². The van der Waals surface area contributed by atoms with Crippen LogP contribution in [-0.4, -0.2) is 11.8 Å². The van der Waals surface area contributed by atoms with Crippen LogP contribution in [0.2, 0.25) is 0 Å². The molecule has 0 N–H and O–H groups in total. The van der Waals surface area contributed by atoms with E-state index in [1.165, 1.54) is 4.90 Å². The zero-order valence-electron chi connectivity index (χ0n) is 9.67. The van der Waals surface area contributed by atoms with Gasteiger partial charge in [-0.3, -0.25) is 14.5 Å². The van der Waals surface area contributed by atoms with Crippen molar-refractivity contribution in [3.05, 3.63) is 40.9 Å². The summed E-state index contributed by atoms with van der Waals surface area (Å²) in [5, 5.41) is 0. The van der Waals surface area contributed by atoms with Crippen LogP contribution in [0.4, 0.5) is 5.69 Å². The highest BCUT2D eigenvalue weighted by atomic mass is 79.9. The zero-order valence-corrected chi connectivity index (χ0v) is 11.3. The van der Waals surface area contributed by atoms with Gasteiger partial charge in [-0.2, -0.15) is 0 Å². The normalized spacial score (nSPS) is 26.6. The highest BCUT2D eigenvalue weighted by molar-refractivity contribution is 9.10. The molecule has 0 saturated carbocycles. The van der Waals surface area contributed by atoms with Gasteiger partial charge in [0.2, 0.25) is 11.8 Å². The number of benzene rings is 1. The van der Waals surface area contributed by atoms with E-state index in [1.807, 2.05) is 24.3 Å². The number of hydrogen-bond acceptors (Lipinski definition) is 2. The van der Waals surface area contributed by atoms with Crippen LogP contribution in [0.5, 0.6) is 0 Å². The average molecular weight is 306 g/mol. The summed E-state index contributed by atoms with van der Waals surface area (Å²) in [5.74, 6) is -0.439. The second kappa shape index (κ2) is 4.35. The van der Waals surface area contributed by atoms with Crippen molar-refractivity contribution in [2.45, 2.75) is 12.8 Å². The number of fused-ring (bicyclic) bond motifs is 1. The summed E-state index contributed by atoms with van der Waals surface area (Å²) in [5.41, 5.74) is 0.669. The number of allylic oxidation sites excluding steroid dienone is 2. The van der Waals surface area contributed by atoms with Crippen LogP contribution < -0.4 is 4.90 Å². The molecule has 2 aliphatic rings. The molecule has 1 heterocycles. The van der Waals surface area contributed by atoms with Crippen molar-refractivity contribution in [2.75, 3.05) is 4.90 Å². The second-order valence-electron chi connectivity index (χ2n) is 4.64. The lowest BCUT2D eigenvalue weighted by Gasteiger charge is -2.14. The summed E-state index contributed by atoms with van der Waals surface area (Å²) in [4.78, 5) is 25.9. The molecule has 1 aliphatic carbocycles. The van der Waals surface area contributed by atoms with Crippen molar-refractivity contribution < 1.29 is 9.59 Å². The minimum atomic E-state index is -0.161. The van der Waals surface area contributed by atoms with Gasteiger partial charge in [0.15, 0.2) is 0 Å². The quantitative estimate of drug-likeness (QED) is 0.591. The number of rotatable bonds is 1. The van der Waals surface area contributed by atoms with Crippen molar-refractivity contribution in [2.24, 2.45) is 11.8 Å². The molecule has 0 unspecified atom stereocenters. The smallest absolute Gasteiger partial charge is 0.238 e. The van der Waals surface area contributed by atoms with Gasteiger partial charge in [0, 0.05) is 4.47 Å². The Morgan fingerprint density at radius 2 is 1.44 bits per heavy atom. The minimum Gasteiger partial charge on any atom is -0.274 e. The Morgan fingerprint density at radius 1 is 0.944 bits per heavy atom. The lowest BCUT2D eigenvalue weighted by Crippen LogP contribution is -2.30. The van der Waals surface area contributed by atoms with E-state index >= 15 is 0 Å². The van der Waals surface area contributed by atoms with Gasteiger partial charge in [0.25, 0.3) is 0 Å². The number of anilines is 1. The fourth-order valence-corrected chi connectivity index (χ4v) is 2.91. The number of carbonyl (C=O) groups is 2. The molecule has 92 valence electrons. The van der Waals surface area contributed by atoms with E-state index in [-0.39, 0.29) is 23.7 Å². The first-order valence-electron chi connectivity index (χ1n) is 5.97. The van der Waals surface area contributed by atoms with Gasteiger partial charge in [0.05, 0.1) is 17.5 Å². The maximum atomic E-state index is 12.3. The molecule has 0 bridgehead atoms. The van der Waals surface area contributed by atoms with E-state index in [1.54, 1.807) is 12.1 Å². The third-order valence-electron chi connectivity index (χ3n) is 3.59. The van der Waals surface area contributed by atoms with Crippen molar-refractivity contribution >= 4 is 33.4 Å². The Kier molecular flexibility index (Phi) is 2.82. The van der Waals surface area contributed by atoms with Crippen LogP contribution in [0.15, 0.2) is 40.9 Å². The van der Waals surface area contributed by atoms with Gasteiger partial charge in [0.1, 0.15) is 0 Å². The molecule has 0 aromatic heterocycles. The van der Waals surface area contributed by atoms with Gasteiger partial charge in [-0.1, -0.05) is 28.1 Å². The topological polar surface area (TPSA) is 37.4 Å². The lowest BCUT2D eigenvalue weighted by molar-refractivity contribution is -0.122. The predicted molar refractivity (Wildman–Crippen MR) is 72.0 cm³/mol. The maximum absolute atomic E-state index is 12.3. The molecule has 3 nitrogen and oxygen atoms in total. The van der Waals surface area contributed by atoms with Gasteiger partial charge < -0.3 is 0 Å². The summed E-state index contributed by atoms with van der Waals surface area (Å²) < 4.78 is 0.935. The summed E-state index contributed by atoms with van der Waals surface area (Å²) in [6, 6.07) is 7.28. The highest BCUT2D eigenvalue weighted by Gasteiger charge is 2.47. The van der Waals surface area contributed by atoms with Crippen LogP contribution in [0.1, 0.15) is 12.8 Å². The van der Waals surface area contributed by atoms with Gasteiger partial charge in [-0.05, 0) is 37.1 Å². The largest absolute Gasteiger partial charge is 0.274 e. The molecule has 1 aliphatic heterocycles. The molecule has 2 atom stereocenters. The van der Waals surface area contributed by atoms with E-state index < -0.39 is 0 Å². The van der Waals surface area contributed by atoms with Crippen LogP contribution in [0.3, 0.4) is 0 Å². The molecule has 0 spiro atoms.